The first-order chi connectivity index (χ1) is 16.6. The van der Waals surface area contributed by atoms with Crippen molar-refractivity contribution in [2.75, 3.05) is 31.0 Å². The van der Waals surface area contributed by atoms with Gasteiger partial charge in [-0.15, -0.1) is 0 Å². The van der Waals surface area contributed by atoms with E-state index < -0.39 is 0 Å². The molecule has 1 aromatic heterocycles. The van der Waals surface area contributed by atoms with E-state index in [1.165, 1.54) is 12.7 Å². The van der Waals surface area contributed by atoms with Crippen LogP contribution in [0.3, 0.4) is 0 Å². The second-order valence-electron chi connectivity index (χ2n) is 8.30. The van der Waals surface area contributed by atoms with Gasteiger partial charge in [-0.1, -0.05) is 30.9 Å². The third-order valence-corrected chi connectivity index (χ3v) is 6.33. The molecule has 34 heavy (non-hydrogen) atoms. The number of halogens is 1. The topological polar surface area (TPSA) is 107 Å². The standard InChI is InChI=1S/C24H26ClN5O4/c1-32-19-12-18-20(22-21(19)33-9-10-34-22)23(27-13-26-18)28-15-7-8-17(16(25)11-15)30-24(31)29-14-5-3-2-4-6-14/h7-8,11-14H,2-6,9-10H2,1H3,(H,26,27,28)(H2,29,30,31). The van der Waals surface area contributed by atoms with E-state index in [0.29, 0.717) is 63.6 Å². The molecule has 0 bridgehead atoms. The Kier molecular flexibility index (Phi) is 6.44. The number of nitrogens with zero attached hydrogens (tertiary/aromatic N) is 2. The fourth-order valence-electron chi connectivity index (χ4n) is 4.38. The highest BCUT2D eigenvalue weighted by Gasteiger charge is 2.24. The summed E-state index contributed by atoms with van der Waals surface area (Å²) >= 11 is 6.48. The number of nitrogens with one attached hydrogen (secondary N) is 3. The van der Waals surface area contributed by atoms with Crippen LogP contribution in [-0.4, -0.2) is 42.4 Å². The van der Waals surface area contributed by atoms with Crippen LogP contribution < -0.4 is 30.2 Å². The summed E-state index contributed by atoms with van der Waals surface area (Å²) in [6.45, 7) is 0.850. The van der Waals surface area contributed by atoms with Crippen molar-refractivity contribution in [3.05, 3.63) is 35.6 Å². The average molecular weight is 484 g/mol. The summed E-state index contributed by atoms with van der Waals surface area (Å²) in [4.78, 5) is 21.2. The van der Waals surface area contributed by atoms with Crippen molar-refractivity contribution in [1.82, 2.24) is 15.3 Å². The van der Waals surface area contributed by atoms with E-state index in [0.717, 1.165) is 25.7 Å². The molecule has 1 aliphatic carbocycles. The molecule has 178 valence electrons. The number of anilines is 3. The lowest BCUT2D eigenvalue weighted by atomic mass is 9.96. The van der Waals surface area contributed by atoms with Crippen LogP contribution in [0.15, 0.2) is 30.6 Å². The Hall–Kier alpha value is -3.46. The maximum absolute atomic E-state index is 12.4. The summed E-state index contributed by atoms with van der Waals surface area (Å²) in [7, 11) is 1.58. The number of ether oxygens (including phenoxy) is 3. The molecular weight excluding hydrogens is 458 g/mol. The molecule has 0 spiro atoms. The number of carbonyl (C=O) groups is 1. The van der Waals surface area contributed by atoms with Crippen LogP contribution in [0.25, 0.3) is 10.9 Å². The molecule has 10 heteroatoms. The molecule has 3 N–H and O–H groups in total. The lowest BCUT2D eigenvalue weighted by Crippen LogP contribution is -2.39. The third-order valence-electron chi connectivity index (χ3n) is 6.02. The molecule has 0 atom stereocenters. The van der Waals surface area contributed by atoms with Gasteiger partial charge < -0.3 is 30.2 Å². The van der Waals surface area contributed by atoms with Crippen LogP contribution in [0, 0.1) is 0 Å². The maximum atomic E-state index is 12.4. The summed E-state index contributed by atoms with van der Waals surface area (Å²) in [5, 5.41) is 10.2. The first-order valence-electron chi connectivity index (χ1n) is 11.4. The summed E-state index contributed by atoms with van der Waals surface area (Å²) in [5.74, 6) is 2.16. The quantitative estimate of drug-likeness (QED) is 0.454. The van der Waals surface area contributed by atoms with Gasteiger partial charge >= 0.3 is 6.03 Å². The third kappa shape index (κ3) is 4.61. The zero-order valence-electron chi connectivity index (χ0n) is 18.8. The second-order valence-corrected chi connectivity index (χ2v) is 8.71. The second kappa shape index (κ2) is 9.80. The molecule has 0 saturated heterocycles. The van der Waals surface area contributed by atoms with Crippen LogP contribution in [0.5, 0.6) is 17.2 Å². The lowest BCUT2D eigenvalue weighted by Gasteiger charge is -2.23. The molecule has 9 nitrogen and oxygen atoms in total. The van der Waals surface area contributed by atoms with Gasteiger partial charge in [0.05, 0.1) is 28.7 Å². The van der Waals surface area contributed by atoms with Gasteiger partial charge in [0.15, 0.2) is 11.5 Å². The van der Waals surface area contributed by atoms with Crippen LogP contribution in [0.1, 0.15) is 32.1 Å². The van der Waals surface area contributed by atoms with Crippen LogP contribution in [0.4, 0.5) is 22.0 Å². The highest BCUT2D eigenvalue weighted by atomic mass is 35.5. The van der Waals surface area contributed by atoms with Gasteiger partial charge in [0, 0.05) is 17.8 Å². The minimum atomic E-state index is -0.242. The summed E-state index contributed by atoms with van der Waals surface area (Å²) in [5.41, 5.74) is 1.89. The number of benzene rings is 2. The molecule has 2 amide bonds. The van der Waals surface area contributed by atoms with E-state index in [9.17, 15) is 4.79 Å². The van der Waals surface area contributed by atoms with Gasteiger partial charge in [0.25, 0.3) is 0 Å². The van der Waals surface area contributed by atoms with Crippen molar-refractivity contribution in [3.8, 4) is 17.2 Å². The Morgan fingerprint density at radius 3 is 2.65 bits per heavy atom. The molecule has 0 unspecified atom stereocenters. The van der Waals surface area contributed by atoms with Crippen LogP contribution in [0.2, 0.25) is 5.02 Å². The Labute approximate surface area is 202 Å². The zero-order chi connectivity index (χ0) is 23.5. The molecule has 1 fully saturated rings. The molecule has 5 rings (SSSR count). The molecule has 2 heterocycles. The highest BCUT2D eigenvalue weighted by Crippen LogP contribution is 2.47. The number of rotatable bonds is 5. The number of hydrogen-bond acceptors (Lipinski definition) is 7. The first-order valence-corrected chi connectivity index (χ1v) is 11.8. The van der Waals surface area contributed by atoms with E-state index in [-0.39, 0.29) is 12.1 Å². The monoisotopic (exact) mass is 483 g/mol. The number of carbonyl (C=O) groups excluding carboxylic acids is 1. The van der Waals surface area contributed by atoms with Crippen LogP contribution >= 0.6 is 11.6 Å². The minimum absolute atomic E-state index is 0.218. The number of fused-ring (bicyclic) bond motifs is 3. The van der Waals surface area contributed by atoms with E-state index in [4.69, 9.17) is 25.8 Å². The Morgan fingerprint density at radius 1 is 1.09 bits per heavy atom. The van der Waals surface area contributed by atoms with Gasteiger partial charge in [0.1, 0.15) is 25.4 Å². The van der Waals surface area contributed by atoms with Gasteiger partial charge in [-0.2, -0.15) is 0 Å². The molecular formula is C24H26ClN5O4. The predicted molar refractivity (Wildman–Crippen MR) is 131 cm³/mol. The van der Waals surface area contributed by atoms with Crippen molar-refractivity contribution in [2.24, 2.45) is 0 Å². The van der Waals surface area contributed by atoms with Crippen molar-refractivity contribution >= 4 is 45.7 Å². The number of hydrogen-bond donors (Lipinski definition) is 3. The maximum Gasteiger partial charge on any atom is 0.319 e. The molecule has 2 aliphatic rings. The summed E-state index contributed by atoms with van der Waals surface area (Å²) in [6, 6.07) is 7.08. The SMILES string of the molecule is COc1cc2ncnc(Nc3ccc(NC(=O)NC4CCCCC4)c(Cl)c3)c2c2c1OCCO2. The molecule has 1 aliphatic heterocycles. The van der Waals surface area contributed by atoms with Crippen molar-refractivity contribution in [2.45, 2.75) is 38.1 Å². The Balaban J connectivity index is 1.37. The van der Waals surface area contributed by atoms with Crippen molar-refractivity contribution < 1.29 is 19.0 Å². The molecule has 2 aromatic carbocycles. The number of aromatic nitrogens is 2. The predicted octanol–water partition coefficient (Wildman–Crippen LogP) is 5.26. The molecule has 0 radical (unpaired) electrons. The largest absolute Gasteiger partial charge is 0.493 e. The van der Waals surface area contributed by atoms with Crippen molar-refractivity contribution in [3.63, 3.8) is 0 Å². The van der Waals surface area contributed by atoms with E-state index in [1.54, 1.807) is 25.3 Å². The molecule has 1 saturated carbocycles. The van der Waals surface area contributed by atoms with E-state index in [2.05, 4.69) is 25.9 Å². The fraction of sp³-hybridized carbons (Fsp3) is 0.375. The Morgan fingerprint density at radius 2 is 1.88 bits per heavy atom. The van der Waals surface area contributed by atoms with Gasteiger partial charge in [0.2, 0.25) is 5.75 Å². The molecule has 3 aromatic rings. The number of methoxy groups -OCH3 is 1. The number of amides is 2. The minimum Gasteiger partial charge on any atom is -0.493 e. The fourth-order valence-corrected chi connectivity index (χ4v) is 4.61. The smallest absolute Gasteiger partial charge is 0.319 e. The van der Waals surface area contributed by atoms with Gasteiger partial charge in [-0.3, -0.25) is 0 Å². The zero-order valence-corrected chi connectivity index (χ0v) is 19.6. The first kappa shape index (κ1) is 22.3. The lowest BCUT2D eigenvalue weighted by molar-refractivity contribution is 0.167. The van der Waals surface area contributed by atoms with Gasteiger partial charge in [-0.25, -0.2) is 14.8 Å². The summed E-state index contributed by atoms with van der Waals surface area (Å²) in [6.07, 6.45) is 7.03. The van der Waals surface area contributed by atoms with Crippen molar-refractivity contribution in [1.29, 1.82) is 0 Å². The normalized spacial score (nSPS) is 15.6. The van der Waals surface area contributed by atoms with Gasteiger partial charge in [-0.05, 0) is 31.0 Å². The Bertz CT molecular complexity index is 1220. The number of urea groups is 1. The van der Waals surface area contributed by atoms with Crippen LogP contribution in [-0.2, 0) is 0 Å². The average Bonchev–Trinajstić information content (AvgIpc) is 2.86. The highest BCUT2D eigenvalue weighted by molar-refractivity contribution is 6.34. The van der Waals surface area contributed by atoms with E-state index in [1.807, 2.05) is 6.07 Å². The van der Waals surface area contributed by atoms with E-state index >= 15 is 0 Å². The summed E-state index contributed by atoms with van der Waals surface area (Å²) < 4.78 is 17.1.